The van der Waals surface area contributed by atoms with Gasteiger partial charge in [-0.1, -0.05) is 78.3 Å². The molecule has 0 aliphatic rings. The lowest BCUT2D eigenvalue weighted by atomic mass is 9.67. The van der Waals surface area contributed by atoms with Crippen LogP contribution in [0.5, 0.6) is 0 Å². The summed E-state index contributed by atoms with van der Waals surface area (Å²) in [6.07, 6.45) is 2.47. The van der Waals surface area contributed by atoms with E-state index in [0.717, 1.165) is 0 Å². The highest BCUT2D eigenvalue weighted by molar-refractivity contribution is 5.22. The topological polar surface area (TPSA) is 0 Å². The third-order valence-electron chi connectivity index (χ3n) is 3.87. The Morgan fingerprint density at radius 2 is 1.47 bits per heavy atom. The fourth-order valence-electron chi connectivity index (χ4n) is 2.39. The molecule has 0 aliphatic heterocycles. The normalized spacial score (nSPS) is 14.7. The average molecular weight is 232 g/mol. The third-order valence-corrected chi connectivity index (χ3v) is 3.87. The lowest BCUT2D eigenvalue weighted by molar-refractivity contribution is 0.203. The van der Waals surface area contributed by atoms with Crippen molar-refractivity contribution in [1.29, 1.82) is 0 Å². The lowest BCUT2D eigenvalue weighted by Gasteiger charge is -2.38. The average Bonchev–Trinajstić information content (AvgIpc) is 2.26. The standard InChI is InChI=1S/C17H28/c1-7-17(5,6)15(13-16(2,3)4)14-11-9-8-10-12-14/h8-12,15H,7,13H2,1-6H3. The zero-order valence-electron chi connectivity index (χ0n) is 12.4. The molecule has 0 spiro atoms. The minimum Gasteiger partial charge on any atom is -0.0649 e. The van der Waals surface area contributed by atoms with Crippen molar-refractivity contribution in [3.63, 3.8) is 0 Å². The highest BCUT2D eigenvalue weighted by Crippen LogP contribution is 2.44. The van der Waals surface area contributed by atoms with Crippen LogP contribution in [-0.2, 0) is 0 Å². The van der Waals surface area contributed by atoms with Crippen molar-refractivity contribution < 1.29 is 0 Å². The SMILES string of the molecule is CCC(C)(C)C(CC(C)(C)C)c1ccccc1. The van der Waals surface area contributed by atoms with Crippen LogP contribution in [0, 0.1) is 10.8 Å². The lowest BCUT2D eigenvalue weighted by Crippen LogP contribution is -2.25. The molecule has 1 unspecified atom stereocenters. The summed E-state index contributed by atoms with van der Waals surface area (Å²) in [5.74, 6) is 0.647. The van der Waals surface area contributed by atoms with Gasteiger partial charge >= 0.3 is 0 Å². The molecule has 0 aromatic heterocycles. The van der Waals surface area contributed by atoms with Gasteiger partial charge in [-0.15, -0.1) is 0 Å². The van der Waals surface area contributed by atoms with Crippen LogP contribution < -0.4 is 0 Å². The summed E-state index contributed by atoms with van der Waals surface area (Å²) < 4.78 is 0. The van der Waals surface area contributed by atoms with Gasteiger partial charge in [-0.05, 0) is 28.7 Å². The van der Waals surface area contributed by atoms with Gasteiger partial charge < -0.3 is 0 Å². The molecular formula is C17H28. The van der Waals surface area contributed by atoms with Crippen molar-refractivity contribution in [1.82, 2.24) is 0 Å². The molecule has 96 valence electrons. The molecule has 0 amide bonds. The van der Waals surface area contributed by atoms with Crippen LogP contribution in [0.15, 0.2) is 30.3 Å². The summed E-state index contributed by atoms with van der Waals surface area (Å²) in [6.45, 7) is 14.1. The zero-order chi connectivity index (χ0) is 13.1. The van der Waals surface area contributed by atoms with Crippen LogP contribution >= 0.6 is 0 Å². The quantitative estimate of drug-likeness (QED) is 0.630. The smallest absolute Gasteiger partial charge is 0.0106 e. The molecule has 0 saturated heterocycles. The van der Waals surface area contributed by atoms with Crippen LogP contribution in [0.1, 0.15) is 65.9 Å². The van der Waals surface area contributed by atoms with E-state index < -0.39 is 0 Å². The maximum atomic E-state index is 2.40. The summed E-state index contributed by atoms with van der Waals surface area (Å²) in [4.78, 5) is 0. The second kappa shape index (κ2) is 5.25. The largest absolute Gasteiger partial charge is 0.0649 e. The highest BCUT2D eigenvalue weighted by Gasteiger charge is 2.32. The van der Waals surface area contributed by atoms with Crippen molar-refractivity contribution >= 4 is 0 Å². The second-order valence-corrected chi connectivity index (χ2v) is 7.07. The van der Waals surface area contributed by atoms with Gasteiger partial charge in [-0.3, -0.25) is 0 Å². The molecule has 0 saturated carbocycles. The van der Waals surface area contributed by atoms with Crippen molar-refractivity contribution in [2.24, 2.45) is 10.8 Å². The molecule has 0 heterocycles. The van der Waals surface area contributed by atoms with E-state index in [0.29, 0.717) is 16.7 Å². The van der Waals surface area contributed by atoms with E-state index in [1.807, 2.05) is 0 Å². The van der Waals surface area contributed by atoms with Crippen molar-refractivity contribution in [3.05, 3.63) is 35.9 Å². The van der Waals surface area contributed by atoms with Crippen LogP contribution in [0.2, 0.25) is 0 Å². The third kappa shape index (κ3) is 4.18. The molecular weight excluding hydrogens is 204 g/mol. The fraction of sp³-hybridized carbons (Fsp3) is 0.647. The minimum atomic E-state index is 0.370. The number of rotatable bonds is 4. The van der Waals surface area contributed by atoms with Crippen LogP contribution in [-0.4, -0.2) is 0 Å². The van der Waals surface area contributed by atoms with E-state index in [-0.39, 0.29) is 0 Å². The van der Waals surface area contributed by atoms with Gasteiger partial charge in [0, 0.05) is 0 Å². The Morgan fingerprint density at radius 1 is 0.941 bits per heavy atom. The molecule has 1 atom stereocenters. The molecule has 0 radical (unpaired) electrons. The van der Waals surface area contributed by atoms with E-state index in [1.165, 1.54) is 18.4 Å². The number of hydrogen-bond donors (Lipinski definition) is 0. The van der Waals surface area contributed by atoms with Gasteiger partial charge in [0.25, 0.3) is 0 Å². The minimum absolute atomic E-state index is 0.370. The second-order valence-electron chi connectivity index (χ2n) is 7.07. The Bertz CT molecular complexity index is 327. The van der Waals surface area contributed by atoms with Gasteiger partial charge in [0.1, 0.15) is 0 Å². The summed E-state index contributed by atoms with van der Waals surface area (Å²) in [5, 5.41) is 0. The van der Waals surface area contributed by atoms with Crippen molar-refractivity contribution in [2.75, 3.05) is 0 Å². The van der Waals surface area contributed by atoms with Crippen molar-refractivity contribution in [2.45, 2.75) is 60.3 Å². The maximum absolute atomic E-state index is 2.40. The first kappa shape index (κ1) is 14.3. The predicted octanol–water partition coefficient (Wildman–Crippen LogP) is 5.64. The Morgan fingerprint density at radius 3 is 1.88 bits per heavy atom. The number of hydrogen-bond acceptors (Lipinski definition) is 0. The summed E-state index contributed by atoms with van der Waals surface area (Å²) in [7, 11) is 0. The van der Waals surface area contributed by atoms with Gasteiger partial charge in [0.2, 0.25) is 0 Å². The predicted molar refractivity (Wildman–Crippen MR) is 77.3 cm³/mol. The maximum Gasteiger partial charge on any atom is -0.0106 e. The van der Waals surface area contributed by atoms with Crippen molar-refractivity contribution in [3.8, 4) is 0 Å². The van der Waals surface area contributed by atoms with E-state index in [2.05, 4.69) is 71.9 Å². The molecule has 1 rings (SSSR count). The fourth-order valence-corrected chi connectivity index (χ4v) is 2.39. The van der Waals surface area contributed by atoms with Crippen LogP contribution in [0.25, 0.3) is 0 Å². The monoisotopic (exact) mass is 232 g/mol. The van der Waals surface area contributed by atoms with Gasteiger partial charge in [0.05, 0.1) is 0 Å². The highest BCUT2D eigenvalue weighted by atomic mass is 14.4. The first-order valence-electron chi connectivity index (χ1n) is 6.81. The Hall–Kier alpha value is -0.780. The van der Waals surface area contributed by atoms with E-state index >= 15 is 0 Å². The van der Waals surface area contributed by atoms with Crippen LogP contribution in [0.4, 0.5) is 0 Å². The molecule has 1 aromatic rings. The Kier molecular flexibility index (Phi) is 4.41. The van der Waals surface area contributed by atoms with Crippen LogP contribution in [0.3, 0.4) is 0 Å². The van der Waals surface area contributed by atoms with Gasteiger partial charge in [-0.2, -0.15) is 0 Å². The molecule has 1 aromatic carbocycles. The summed E-state index contributed by atoms with van der Waals surface area (Å²) >= 11 is 0. The first-order chi connectivity index (χ1) is 7.76. The Balaban J connectivity index is 3.04. The van der Waals surface area contributed by atoms with E-state index in [9.17, 15) is 0 Å². The Labute approximate surface area is 107 Å². The molecule has 0 N–H and O–H groups in total. The molecule has 0 bridgehead atoms. The molecule has 0 nitrogen and oxygen atoms in total. The van der Waals surface area contributed by atoms with Gasteiger partial charge in [0.15, 0.2) is 0 Å². The number of benzene rings is 1. The van der Waals surface area contributed by atoms with Gasteiger partial charge in [-0.25, -0.2) is 0 Å². The zero-order valence-corrected chi connectivity index (χ0v) is 12.4. The summed E-state index contributed by atoms with van der Waals surface area (Å²) in [6, 6.07) is 11.0. The molecule has 0 fully saturated rings. The molecule has 17 heavy (non-hydrogen) atoms. The first-order valence-corrected chi connectivity index (χ1v) is 6.81. The summed E-state index contributed by atoms with van der Waals surface area (Å²) in [5.41, 5.74) is 2.25. The van der Waals surface area contributed by atoms with E-state index in [1.54, 1.807) is 0 Å². The van der Waals surface area contributed by atoms with E-state index in [4.69, 9.17) is 0 Å². The molecule has 0 aliphatic carbocycles. The molecule has 0 heteroatoms.